The Balaban J connectivity index is 1.23. The van der Waals surface area contributed by atoms with Crippen molar-refractivity contribution in [2.45, 2.75) is 38.0 Å². The van der Waals surface area contributed by atoms with E-state index in [4.69, 9.17) is 4.74 Å². The number of likely N-dealkylation sites (N-methyl/N-ethyl adjacent to an activating group) is 1. The van der Waals surface area contributed by atoms with Crippen LogP contribution in [0.1, 0.15) is 30.9 Å². The van der Waals surface area contributed by atoms with Crippen LogP contribution in [-0.2, 0) is 12.1 Å². The topological polar surface area (TPSA) is 48.0 Å². The van der Waals surface area contributed by atoms with Crippen LogP contribution in [0.15, 0.2) is 54.6 Å². The monoisotopic (exact) mass is 409 g/mol. The summed E-state index contributed by atoms with van der Waals surface area (Å²) in [5, 5.41) is 14.1. The Morgan fingerprint density at radius 1 is 1.00 bits per heavy atom. The Hall–Kier alpha value is -1.92. The van der Waals surface area contributed by atoms with Crippen LogP contribution in [0, 0.1) is 0 Å². The first-order valence-corrected chi connectivity index (χ1v) is 11.3. The maximum Gasteiger partial charge on any atom is 0.119 e. The van der Waals surface area contributed by atoms with Crippen molar-refractivity contribution in [1.29, 1.82) is 0 Å². The van der Waals surface area contributed by atoms with Crippen molar-refractivity contribution < 1.29 is 9.84 Å². The fourth-order valence-corrected chi connectivity index (χ4v) is 4.30. The molecular weight excluding hydrogens is 374 g/mol. The van der Waals surface area contributed by atoms with Gasteiger partial charge < -0.3 is 20.1 Å². The average Bonchev–Trinajstić information content (AvgIpc) is 3.59. The first-order chi connectivity index (χ1) is 14.7. The molecule has 2 aliphatic rings. The highest BCUT2D eigenvalue weighted by molar-refractivity contribution is 5.32. The second-order valence-electron chi connectivity index (χ2n) is 8.65. The summed E-state index contributed by atoms with van der Waals surface area (Å²) in [6.07, 6.45) is 1.91. The molecule has 0 bridgehead atoms. The van der Waals surface area contributed by atoms with Gasteiger partial charge in [-0.05, 0) is 42.6 Å². The van der Waals surface area contributed by atoms with Crippen molar-refractivity contribution in [3.8, 4) is 5.75 Å². The minimum absolute atomic E-state index is 0.135. The maximum absolute atomic E-state index is 10.4. The van der Waals surface area contributed by atoms with Crippen LogP contribution in [0.3, 0.4) is 0 Å². The molecule has 2 aromatic rings. The number of nitrogens with one attached hydrogen (secondary N) is 1. The van der Waals surface area contributed by atoms with Crippen LogP contribution in [-0.4, -0.2) is 66.9 Å². The normalized spacial score (nSPS) is 20.1. The highest BCUT2D eigenvalue weighted by Gasteiger charge is 2.43. The average molecular weight is 410 g/mol. The molecule has 1 aliphatic heterocycles. The smallest absolute Gasteiger partial charge is 0.119 e. The number of β-amino-alcohol motifs (C(OH)–C–C–N with tert-alkyl or cyclic N) is 1. The number of piperazine rings is 1. The lowest BCUT2D eigenvalue weighted by Gasteiger charge is -2.34. The van der Waals surface area contributed by atoms with Crippen LogP contribution in [0.25, 0.3) is 0 Å². The summed E-state index contributed by atoms with van der Waals surface area (Å²) < 4.78 is 5.91. The number of aliphatic hydroxyl groups excluding tert-OH is 1. The van der Waals surface area contributed by atoms with Gasteiger partial charge in [-0.3, -0.25) is 4.90 Å². The van der Waals surface area contributed by atoms with Gasteiger partial charge in [0, 0.05) is 44.8 Å². The summed E-state index contributed by atoms with van der Waals surface area (Å²) in [5.41, 5.74) is 2.72. The number of hydrogen-bond donors (Lipinski definition) is 2. The second-order valence-corrected chi connectivity index (χ2v) is 8.65. The first-order valence-electron chi connectivity index (χ1n) is 11.3. The molecule has 0 radical (unpaired) electrons. The van der Waals surface area contributed by atoms with Crippen molar-refractivity contribution in [3.63, 3.8) is 0 Å². The van der Waals surface area contributed by atoms with Gasteiger partial charge in [-0.2, -0.15) is 0 Å². The van der Waals surface area contributed by atoms with E-state index in [9.17, 15) is 5.11 Å². The Labute approximate surface area is 180 Å². The van der Waals surface area contributed by atoms with Crippen LogP contribution >= 0.6 is 0 Å². The standard InChI is InChI=1S/C25H35N3O2/c1-2-27-13-15-28(16-14-27)19-23(29)20-30-24-10-6-7-21(17-24)18-26-25(11-12-25)22-8-4-3-5-9-22/h3-10,17,23,26,29H,2,11-16,18-20H2,1H3/t23-/m0/s1. The lowest BCUT2D eigenvalue weighted by molar-refractivity contribution is 0.0471. The van der Waals surface area contributed by atoms with Gasteiger partial charge in [0.2, 0.25) is 0 Å². The van der Waals surface area contributed by atoms with Gasteiger partial charge in [-0.15, -0.1) is 0 Å². The molecular formula is C25H35N3O2. The molecule has 1 saturated carbocycles. The minimum atomic E-state index is -0.465. The van der Waals surface area contributed by atoms with E-state index in [2.05, 4.69) is 64.5 Å². The van der Waals surface area contributed by atoms with E-state index < -0.39 is 6.10 Å². The molecule has 5 heteroatoms. The number of benzene rings is 2. The molecule has 0 aromatic heterocycles. The summed E-state index contributed by atoms with van der Waals surface area (Å²) >= 11 is 0. The van der Waals surface area contributed by atoms with E-state index in [1.807, 2.05) is 12.1 Å². The number of hydrogen-bond acceptors (Lipinski definition) is 5. The predicted molar refractivity (Wildman–Crippen MR) is 121 cm³/mol. The molecule has 1 heterocycles. The number of nitrogens with zero attached hydrogens (tertiary/aromatic N) is 2. The van der Waals surface area contributed by atoms with Crippen LogP contribution in [0.4, 0.5) is 0 Å². The molecule has 2 aromatic carbocycles. The maximum atomic E-state index is 10.4. The van der Waals surface area contributed by atoms with Crippen molar-refractivity contribution in [1.82, 2.24) is 15.1 Å². The largest absolute Gasteiger partial charge is 0.491 e. The van der Waals surface area contributed by atoms with Gasteiger partial charge in [-0.25, -0.2) is 0 Å². The molecule has 2 N–H and O–H groups in total. The number of rotatable bonds is 10. The molecule has 0 spiro atoms. The number of ether oxygens (including phenoxy) is 1. The molecule has 0 unspecified atom stereocenters. The van der Waals surface area contributed by atoms with Gasteiger partial charge in [0.05, 0.1) is 0 Å². The van der Waals surface area contributed by atoms with Gasteiger partial charge in [0.15, 0.2) is 0 Å². The highest BCUT2D eigenvalue weighted by Crippen LogP contribution is 2.45. The molecule has 0 amide bonds. The zero-order valence-electron chi connectivity index (χ0n) is 18.1. The van der Waals surface area contributed by atoms with E-state index in [0.29, 0.717) is 13.2 Å². The third-order valence-electron chi connectivity index (χ3n) is 6.43. The number of aliphatic hydroxyl groups is 1. The molecule has 162 valence electrons. The zero-order valence-corrected chi connectivity index (χ0v) is 18.1. The lowest BCUT2D eigenvalue weighted by atomic mass is 10.0. The fraction of sp³-hybridized carbons (Fsp3) is 0.520. The first kappa shape index (κ1) is 21.3. The molecule has 30 heavy (non-hydrogen) atoms. The SMILES string of the molecule is CCN1CCN(C[C@H](O)COc2cccc(CNC3(c4ccccc4)CC3)c2)CC1. The van der Waals surface area contributed by atoms with Crippen molar-refractivity contribution >= 4 is 0 Å². The molecule has 5 nitrogen and oxygen atoms in total. The molecule has 1 saturated heterocycles. The summed E-state index contributed by atoms with van der Waals surface area (Å²) in [5.74, 6) is 0.828. The van der Waals surface area contributed by atoms with Gasteiger partial charge in [0.1, 0.15) is 18.5 Å². The Bertz CT molecular complexity index is 786. The van der Waals surface area contributed by atoms with E-state index >= 15 is 0 Å². The Morgan fingerprint density at radius 2 is 1.73 bits per heavy atom. The van der Waals surface area contributed by atoms with E-state index in [0.717, 1.165) is 45.0 Å². The van der Waals surface area contributed by atoms with Crippen molar-refractivity contribution in [2.75, 3.05) is 45.9 Å². The summed E-state index contributed by atoms with van der Waals surface area (Å²) in [4.78, 5) is 4.78. The van der Waals surface area contributed by atoms with Crippen LogP contribution in [0.2, 0.25) is 0 Å². The van der Waals surface area contributed by atoms with E-state index in [-0.39, 0.29) is 5.54 Å². The van der Waals surface area contributed by atoms with Gasteiger partial charge in [0.25, 0.3) is 0 Å². The third-order valence-corrected chi connectivity index (χ3v) is 6.43. The van der Waals surface area contributed by atoms with Crippen LogP contribution < -0.4 is 10.1 Å². The van der Waals surface area contributed by atoms with E-state index in [1.54, 1.807) is 0 Å². The zero-order chi connectivity index (χ0) is 20.8. The van der Waals surface area contributed by atoms with Crippen LogP contribution in [0.5, 0.6) is 5.75 Å². The van der Waals surface area contributed by atoms with Crippen molar-refractivity contribution in [3.05, 3.63) is 65.7 Å². The van der Waals surface area contributed by atoms with E-state index in [1.165, 1.54) is 24.0 Å². The molecule has 2 fully saturated rings. The Kier molecular flexibility index (Phi) is 7.05. The molecule has 4 rings (SSSR count). The summed E-state index contributed by atoms with van der Waals surface area (Å²) in [7, 11) is 0. The molecule has 1 atom stereocenters. The second kappa shape index (κ2) is 9.92. The van der Waals surface area contributed by atoms with Crippen molar-refractivity contribution in [2.24, 2.45) is 0 Å². The van der Waals surface area contributed by atoms with Gasteiger partial charge >= 0.3 is 0 Å². The highest BCUT2D eigenvalue weighted by atomic mass is 16.5. The summed E-state index contributed by atoms with van der Waals surface area (Å²) in [6, 6.07) is 18.9. The molecule has 1 aliphatic carbocycles. The predicted octanol–water partition coefficient (Wildman–Crippen LogP) is 2.84. The fourth-order valence-electron chi connectivity index (χ4n) is 4.30. The minimum Gasteiger partial charge on any atom is -0.491 e. The summed E-state index contributed by atoms with van der Waals surface area (Å²) in [6.45, 7) is 9.36. The third kappa shape index (κ3) is 5.61. The lowest BCUT2D eigenvalue weighted by Crippen LogP contribution is -2.49. The quantitative estimate of drug-likeness (QED) is 0.632. The Morgan fingerprint density at radius 3 is 2.43 bits per heavy atom. The van der Waals surface area contributed by atoms with Gasteiger partial charge in [-0.1, -0.05) is 49.4 Å².